The Morgan fingerprint density at radius 3 is 2.64 bits per heavy atom. The van der Waals surface area contributed by atoms with Crippen LogP contribution in [-0.4, -0.2) is 32.3 Å². The third-order valence-electron chi connectivity index (χ3n) is 5.16. The molecular weight excluding hydrogens is 450 g/mol. The fourth-order valence-corrected chi connectivity index (χ4v) is 4.57. The van der Waals surface area contributed by atoms with Gasteiger partial charge in [-0.05, 0) is 55.0 Å². The molecule has 0 bridgehead atoms. The number of nitrogens with zero attached hydrogens (tertiary/aromatic N) is 4. The van der Waals surface area contributed by atoms with E-state index in [1.807, 2.05) is 36.7 Å². The molecule has 3 aromatic heterocycles. The van der Waals surface area contributed by atoms with E-state index in [4.69, 9.17) is 4.74 Å². The Morgan fingerprint density at radius 1 is 1.12 bits per heavy atom. The lowest BCUT2D eigenvalue weighted by molar-refractivity contribution is -0.0498. The van der Waals surface area contributed by atoms with Crippen LogP contribution >= 0.6 is 11.3 Å². The molecule has 0 aliphatic carbocycles. The van der Waals surface area contributed by atoms with Crippen LogP contribution in [0.15, 0.2) is 59.7 Å². The third kappa shape index (κ3) is 3.82. The van der Waals surface area contributed by atoms with Gasteiger partial charge in [0.1, 0.15) is 5.75 Å². The first-order valence-corrected chi connectivity index (χ1v) is 10.9. The largest absolute Gasteiger partial charge is 0.470 e. The van der Waals surface area contributed by atoms with Crippen molar-refractivity contribution in [1.29, 1.82) is 0 Å². The van der Waals surface area contributed by atoms with Crippen LogP contribution in [0.1, 0.15) is 6.92 Å². The van der Waals surface area contributed by atoms with Gasteiger partial charge in [0.15, 0.2) is 5.65 Å². The smallest absolute Gasteiger partial charge is 0.387 e. The van der Waals surface area contributed by atoms with Crippen molar-refractivity contribution < 1.29 is 18.3 Å². The van der Waals surface area contributed by atoms with E-state index < -0.39 is 6.61 Å². The second-order valence-electron chi connectivity index (χ2n) is 7.23. The number of aromatic nitrogens is 4. The van der Waals surface area contributed by atoms with Gasteiger partial charge >= 0.3 is 6.61 Å². The summed E-state index contributed by atoms with van der Waals surface area (Å²) in [4.78, 5) is 22.5. The average molecular weight is 468 g/mol. The molecule has 0 aliphatic heterocycles. The summed E-state index contributed by atoms with van der Waals surface area (Å²) in [7, 11) is 1.89. The molecule has 0 radical (unpaired) electrons. The topological polar surface area (TPSA) is 71.2 Å². The number of benzene rings is 2. The first-order chi connectivity index (χ1) is 15.9. The molecule has 0 saturated carbocycles. The molecule has 5 rings (SSSR count). The number of aryl methyl sites for hydroxylation is 1. The molecule has 7 nitrogen and oxygen atoms in total. The highest BCUT2D eigenvalue weighted by atomic mass is 32.1. The van der Waals surface area contributed by atoms with Crippen LogP contribution in [0.2, 0.25) is 0 Å². The lowest BCUT2D eigenvalue weighted by Gasteiger charge is -2.11. The zero-order valence-electron chi connectivity index (χ0n) is 17.7. The molecule has 0 fully saturated rings. The standard InChI is InChI=1S/C23H18F2N4O3S/c1-3-31-23-27-20-19(33-23)11-16(13-4-9-17-18(10-13)28(2)12-26-17)21(30)29(20)14-5-7-15(8-6-14)32-22(24)25/h4-12,22H,3H2,1-2H3. The van der Waals surface area contributed by atoms with Crippen LogP contribution in [0, 0.1) is 0 Å². The molecule has 168 valence electrons. The van der Waals surface area contributed by atoms with Crippen molar-refractivity contribution in [3.63, 3.8) is 0 Å². The molecule has 33 heavy (non-hydrogen) atoms. The van der Waals surface area contributed by atoms with E-state index in [9.17, 15) is 13.6 Å². The monoisotopic (exact) mass is 468 g/mol. The molecule has 0 unspecified atom stereocenters. The van der Waals surface area contributed by atoms with Gasteiger partial charge < -0.3 is 14.0 Å². The molecule has 2 aromatic carbocycles. The Kier molecular flexibility index (Phi) is 5.29. The second kappa shape index (κ2) is 8.28. The molecule has 0 spiro atoms. The van der Waals surface area contributed by atoms with Crippen molar-refractivity contribution in [2.24, 2.45) is 7.05 Å². The molecule has 0 atom stereocenters. The molecule has 10 heteroatoms. The normalized spacial score (nSPS) is 11.5. The van der Waals surface area contributed by atoms with Crippen LogP contribution in [0.4, 0.5) is 8.78 Å². The number of fused-ring (bicyclic) bond motifs is 2. The number of alkyl halides is 2. The van der Waals surface area contributed by atoms with Crippen molar-refractivity contribution in [3.05, 3.63) is 65.2 Å². The summed E-state index contributed by atoms with van der Waals surface area (Å²) in [6.07, 6.45) is 1.72. The maximum absolute atomic E-state index is 13.7. The van der Waals surface area contributed by atoms with E-state index in [2.05, 4.69) is 14.7 Å². The molecule has 0 N–H and O–H groups in total. The molecular formula is C23H18F2N4O3S. The molecule has 0 aliphatic rings. The number of ether oxygens (including phenoxy) is 2. The van der Waals surface area contributed by atoms with Crippen molar-refractivity contribution in [1.82, 2.24) is 19.1 Å². The van der Waals surface area contributed by atoms with Gasteiger partial charge in [-0.15, -0.1) is 0 Å². The quantitative estimate of drug-likeness (QED) is 0.351. The lowest BCUT2D eigenvalue weighted by atomic mass is 10.1. The first kappa shape index (κ1) is 21.1. The highest BCUT2D eigenvalue weighted by Crippen LogP contribution is 2.32. The summed E-state index contributed by atoms with van der Waals surface area (Å²) in [6.45, 7) is -0.633. The van der Waals surface area contributed by atoms with Crippen molar-refractivity contribution in [2.75, 3.05) is 6.61 Å². The van der Waals surface area contributed by atoms with Crippen LogP contribution in [0.5, 0.6) is 10.9 Å². The van der Waals surface area contributed by atoms with Crippen molar-refractivity contribution in [3.8, 4) is 27.8 Å². The SMILES string of the molecule is CCOc1nc2c(cc(-c3ccc4ncn(C)c4c3)c(=O)n2-c2ccc(OC(F)F)cc2)s1. The predicted octanol–water partition coefficient (Wildman–Crippen LogP) is 5.00. The Bertz CT molecular complexity index is 1520. The number of hydrogen-bond acceptors (Lipinski definition) is 6. The van der Waals surface area contributed by atoms with Crippen LogP contribution in [0.25, 0.3) is 38.2 Å². The van der Waals surface area contributed by atoms with Gasteiger partial charge in [-0.3, -0.25) is 9.36 Å². The maximum Gasteiger partial charge on any atom is 0.387 e. The van der Waals surface area contributed by atoms with E-state index in [-0.39, 0.29) is 11.3 Å². The Hall–Kier alpha value is -3.79. The summed E-state index contributed by atoms with van der Waals surface area (Å²) in [6, 6.07) is 13.3. The number of pyridine rings is 1. The summed E-state index contributed by atoms with van der Waals surface area (Å²) in [5, 5.41) is 0.442. The van der Waals surface area contributed by atoms with Gasteiger partial charge in [0, 0.05) is 12.6 Å². The average Bonchev–Trinajstić information content (AvgIpc) is 3.36. The third-order valence-corrected chi connectivity index (χ3v) is 6.06. The second-order valence-corrected chi connectivity index (χ2v) is 8.22. The maximum atomic E-state index is 13.7. The zero-order valence-corrected chi connectivity index (χ0v) is 18.5. The number of imidazole rings is 1. The molecule has 0 saturated heterocycles. The van der Waals surface area contributed by atoms with E-state index in [1.54, 1.807) is 24.5 Å². The number of thiazole rings is 1. The fourth-order valence-electron chi connectivity index (χ4n) is 3.67. The number of halogens is 2. The predicted molar refractivity (Wildman–Crippen MR) is 123 cm³/mol. The van der Waals surface area contributed by atoms with E-state index in [0.29, 0.717) is 28.7 Å². The van der Waals surface area contributed by atoms with Gasteiger partial charge in [-0.2, -0.15) is 13.8 Å². The molecule has 3 heterocycles. The summed E-state index contributed by atoms with van der Waals surface area (Å²) < 4.78 is 39.2. The van der Waals surface area contributed by atoms with E-state index in [0.717, 1.165) is 21.3 Å². The molecule has 5 aromatic rings. The van der Waals surface area contributed by atoms with Crippen molar-refractivity contribution >= 4 is 32.7 Å². The van der Waals surface area contributed by atoms with Crippen LogP contribution in [0.3, 0.4) is 0 Å². The minimum atomic E-state index is -2.93. The minimum absolute atomic E-state index is 0.00383. The number of hydrogen-bond donors (Lipinski definition) is 0. The van der Waals surface area contributed by atoms with E-state index in [1.165, 1.54) is 28.0 Å². The van der Waals surface area contributed by atoms with Crippen LogP contribution in [-0.2, 0) is 7.05 Å². The summed E-state index contributed by atoms with van der Waals surface area (Å²) >= 11 is 1.33. The Morgan fingerprint density at radius 2 is 1.91 bits per heavy atom. The van der Waals surface area contributed by atoms with Gasteiger partial charge in [-0.1, -0.05) is 17.4 Å². The van der Waals surface area contributed by atoms with Gasteiger partial charge in [0.2, 0.25) is 0 Å². The van der Waals surface area contributed by atoms with E-state index >= 15 is 0 Å². The first-order valence-electron chi connectivity index (χ1n) is 10.1. The minimum Gasteiger partial charge on any atom is -0.470 e. The lowest BCUT2D eigenvalue weighted by Crippen LogP contribution is -2.20. The van der Waals surface area contributed by atoms with Crippen molar-refractivity contribution in [2.45, 2.75) is 13.5 Å². The van der Waals surface area contributed by atoms with Gasteiger partial charge in [0.05, 0.1) is 34.4 Å². The summed E-state index contributed by atoms with van der Waals surface area (Å²) in [5.41, 5.74) is 3.55. The highest BCUT2D eigenvalue weighted by Gasteiger charge is 2.18. The van der Waals surface area contributed by atoms with Gasteiger partial charge in [-0.25, -0.2) is 4.98 Å². The Labute approximate surface area is 190 Å². The van der Waals surface area contributed by atoms with Crippen LogP contribution < -0.4 is 15.0 Å². The molecule has 0 amide bonds. The fraction of sp³-hybridized carbons (Fsp3) is 0.174. The number of rotatable bonds is 6. The Balaban J connectivity index is 1.73. The van der Waals surface area contributed by atoms with Gasteiger partial charge in [0.25, 0.3) is 10.8 Å². The highest BCUT2D eigenvalue weighted by molar-refractivity contribution is 7.20. The summed E-state index contributed by atoms with van der Waals surface area (Å²) in [5.74, 6) is 0.00383. The zero-order chi connectivity index (χ0) is 23.1.